The summed E-state index contributed by atoms with van der Waals surface area (Å²) in [4.78, 5) is 11.1. The molecule has 1 heterocycles. The molecule has 0 aliphatic heterocycles. The zero-order valence-corrected chi connectivity index (χ0v) is 14.6. The van der Waals surface area contributed by atoms with E-state index >= 15 is 0 Å². The Hall–Kier alpha value is -3.80. The highest BCUT2D eigenvalue weighted by Gasteiger charge is 2.20. The van der Waals surface area contributed by atoms with Gasteiger partial charge in [-0.05, 0) is 65.1 Å². The number of aromatic carboxylic acids is 1. The fourth-order valence-electron chi connectivity index (χ4n) is 3.67. The molecule has 5 nitrogen and oxygen atoms in total. The average Bonchev–Trinajstić information content (AvgIpc) is 3.32. The molecule has 1 aliphatic rings. The summed E-state index contributed by atoms with van der Waals surface area (Å²) in [5.41, 5.74) is 6.74. The van der Waals surface area contributed by atoms with Gasteiger partial charge in [0.2, 0.25) is 0 Å². The van der Waals surface area contributed by atoms with Gasteiger partial charge in [-0.3, -0.25) is 0 Å². The lowest BCUT2D eigenvalue weighted by Crippen LogP contribution is -2.01. The number of halogens is 1. The van der Waals surface area contributed by atoms with Gasteiger partial charge in [0, 0.05) is 5.56 Å². The summed E-state index contributed by atoms with van der Waals surface area (Å²) in [5, 5.41) is 17.3. The molecule has 4 aromatic rings. The summed E-state index contributed by atoms with van der Waals surface area (Å²) in [7, 11) is 0. The molecular weight excluding hydrogens is 357 g/mol. The van der Waals surface area contributed by atoms with E-state index in [9.17, 15) is 9.18 Å². The van der Waals surface area contributed by atoms with Crippen molar-refractivity contribution in [2.45, 2.75) is 6.42 Å². The summed E-state index contributed by atoms with van der Waals surface area (Å²) >= 11 is 0. The van der Waals surface area contributed by atoms with Crippen molar-refractivity contribution in [2.75, 3.05) is 0 Å². The zero-order valence-electron chi connectivity index (χ0n) is 14.6. The van der Waals surface area contributed by atoms with Crippen molar-refractivity contribution < 1.29 is 14.3 Å². The maximum atomic E-state index is 13.7. The van der Waals surface area contributed by atoms with Gasteiger partial charge in [0.05, 0.1) is 23.1 Å². The smallest absolute Gasteiger partial charge is 0.335 e. The number of carbonyl (C=O) groups is 1. The van der Waals surface area contributed by atoms with Crippen LogP contribution in [0.25, 0.3) is 28.1 Å². The number of nitrogens with zero attached hydrogens (tertiary/aromatic N) is 3. The van der Waals surface area contributed by atoms with Crippen LogP contribution < -0.4 is 0 Å². The van der Waals surface area contributed by atoms with E-state index in [0.717, 1.165) is 45.6 Å². The van der Waals surface area contributed by atoms with Crippen LogP contribution >= 0.6 is 0 Å². The van der Waals surface area contributed by atoms with Crippen LogP contribution in [0, 0.1) is 5.82 Å². The summed E-state index contributed by atoms with van der Waals surface area (Å²) in [6.45, 7) is 0. The first-order valence-corrected chi connectivity index (χ1v) is 8.77. The van der Waals surface area contributed by atoms with E-state index in [1.807, 2.05) is 24.3 Å². The molecule has 0 saturated carbocycles. The van der Waals surface area contributed by atoms with Crippen molar-refractivity contribution in [3.8, 4) is 28.1 Å². The Kier molecular flexibility index (Phi) is 3.58. The molecule has 0 radical (unpaired) electrons. The molecule has 5 rings (SSSR count). The number of aromatic nitrogens is 3. The van der Waals surface area contributed by atoms with E-state index < -0.39 is 5.97 Å². The number of hydrogen-bond donors (Lipinski definition) is 1. The molecule has 136 valence electrons. The number of carboxylic acids is 1. The van der Waals surface area contributed by atoms with Crippen LogP contribution in [0.3, 0.4) is 0 Å². The highest BCUT2D eigenvalue weighted by atomic mass is 19.1. The molecule has 1 N–H and O–H groups in total. The van der Waals surface area contributed by atoms with Gasteiger partial charge in [0.1, 0.15) is 5.82 Å². The molecule has 0 bridgehead atoms. The normalized spacial score (nSPS) is 11.9. The Bertz CT molecular complexity index is 1230. The quantitative estimate of drug-likeness (QED) is 0.512. The van der Waals surface area contributed by atoms with Crippen molar-refractivity contribution >= 4 is 5.97 Å². The molecule has 0 amide bonds. The van der Waals surface area contributed by atoms with Gasteiger partial charge in [-0.25, -0.2) is 13.9 Å². The van der Waals surface area contributed by atoms with Crippen LogP contribution in [0.2, 0.25) is 0 Å². The van der Waals surface area contributed by atoms with Crippen LogP contribution in [0.4, 0.5) is 4.39 Å². The summed E-state index contributed by atoms with van der Waals surface area (Å²) < 4.78 is 15.4. The second-order valence-corrected chi connectivity index (χ2v) is 6.73. The predicted molar refractivity (Wildman–Crippen MR) is 102 cm³/mol. The third-order valence-electron chi connectivity index (χ3n) is 5.06. The molecule has 0 saturated heterocycles. The minimum Gasteiger partial charge on any atom is -0.478 e. The molecule has 0 fully saturated rings. The number of benzene rings is 3. The Labute approximate surface area is 159 Å². The first-order valence-electron chi connectivity index (χ1n) is 8.77. The van der Waals surface area contributed by atoms with Crippen molar-refractivity contribution in [1.29, 1.82) is 0 Å². The van der Waals surface area contributed by atoms with Gasteiger partial charge in [-0.15, -0.1) is 5.10 Å². The van der Waals surface area contributed by atoms with E-state index in [4.69, 9.17) is 5.11 Å². The maximum Gasteiger partial charge on any atom is 0.335 e. The second-order valence-electron chi connectivity index (χ2n) is 6.73. The summed E-state index contributed by atoms with van der Waals surface area (Å²) in [6, 6.07) is 17.4. The maximum absolute atomic E-state index is 13.7. The lowest BCUT2D eigenvalue weighted by Gasteiger charge is -2.09. The number of rotatable bonds is 3. The molecule has 28 heavy (non-hydrogen) atoms. The van der Waals surface area contributed by atoms with Crippen LogP contribution in [0.5, 0.6) is 0 Å². The number of hydrogen-bond acceptors (Lipinski definition) is 3. The number of fused-ring (bicyclic) bond motifs is 3. The first-order chi connectivity index (χ1) is 13.6. The van der Waals surface area contributed by atoms with Gasteiger partial charge in [0.25, 0.3) is 0 Å². The number of carboxylic acid groups (broad SMARTS) is 1. The van der Waals surface area contributed by atoms with Crippen molar-refractivity contribution in [3.05, 3.63) is 89.4 Å². The van der Waals surface area contributed by atoms with Gasteiger partial charge in [-0.2, -0.15) is 0 Å². The van der Waals surface area contributed by atoms with Crippen molar-refractivity contribution in [2.24, 2.45) is 0 Å². The van der Waals surface area contributed by atoms with Crippen LogP contribution in [-0.2, 0) is 6.42 Å². The molecule has 0 unspecified atom stereocenters. The molecular formula is C22H14FN3O2. The van der Waals surface area contributed by atoms with Crippen LogP contribution in [-0.4, -0.2) is 26.1 Å². The molecule has 3 aromatic carbocycles. The minimum absolute atomic E-state index is 0.221. The lowest BCUT2D eigenvalue weighted by atomic mass is 10.0. The molecule has 0 spiro atoms. The van der Waals surface area contributed by atoms with Crippen molar-refractivity contribution in [1.82, 2.24) is 15.0 Å². The van der Waals surface area contributed by atoms with E-state index in [-0.39, 0.29) is 11.4 Å². The Morgan fingerprint density at radius 1 is 0.964 bits per heavy atom. The molecule has 1 aromatic heterocycles. The topological polar surface area (TPSA) is 68.0 Å². The fourth-order valence-corrected chi connectivity index (χ4v) is 3.67. The highest BCUT2D eigenvalue weighted by Crippen LogP contribution is 2.38. The standard InChI is InChI=1S/C22H14FN3O2/c23-17-7-5-15-9-16-6-8-18(11-20(16)19(15)10-17)26-21(12-24-25-26)13-1-3-14(4-2-13)22(27)28/h1-8,10-12H,9H2,(H,27,28). The SMILES string of the molecule is O=C(O)c1ccc(-c2cnnn2-c2ccc3c(c2)-c2cc(F)ccc2C3)cc1. The van der Waals surface area contributed by atoms with E-state index in [1.54, 1.807) is 41.2 Å². The molecule has 6 heteroatoms. The van der Waals surface area contributed by atoms with E-state index in [2.05, 4.69) is 10.3 Å². The fraction of sp³-hybridized carbons (Fsp3) is 0.0455. The van der Waals surface area contributed by atoms with E-state index in [0.29, 0.717) is 0 Å². The third kappa shape index (κ3) is 2.58. The minimum atomic E-state index is -0.970. The first kappa shape index (κ1) is 16.4. The Balaban J connectivity index is 1.59. The zero-order chi connectivity index (χ0) is 19.3. The van der Waals surface area contributed by atoms with Crippen LogP contribution in [0.15, 0.2) is 66.9 Å². The van der Waals surface area contributed by atoms with Gasteiger partial charge in [0.15, 0.2) is 0 Å². The van der Waals surface area contributed by atoms with Gasteiger partial charge < -0.3 is 5.11 Å². The lowest BCUT2D eigenvalue weighted by molar-refractivity contribution is 0.0697. The van der Waals surface area contributed by atoms with Crippen molar-refractivity contribution in [3.63, 3.8) is 0 Å². The third-order valence-corrected chi connectivity index (χ3v) is 5.06. The monoisotopic (exact) mass is 371 g/mol. The van der Waals surface area contributed by atoms with E-state index in [1.165, 1.54) is 6.07 Å². The Morgan fingerprint density at radius 2 is 1.68 bits per heavy atom. The predicted octanol–water partition coefficient (Wildman–Crippen LogP) is 4.34. The van der Waals surface area contributed by atoms with Crippen LogP contribution in [0.1, 0.15) is 21.5 Å². The highest BCUT2D eigenvalue weighted by molar-refractivity contribution is 5.88. The largest absolute Gasteiger partial charge is 0.478 e. The average molecular weight is 371 g/mol. The Morgan fingerprint density at radius 3 is 2.43 bits per heavy atom. The molecule has 0 atom stereocenters. The van der Waals surface area contributed by atoms with Gasteiger partial charge >= 0.3 is 5.97 Å². The molecule has 1 aliphatic carbocycles. The summed E-state index contributed by atoms with van der Waals surface area (Å²) in [5.74, 6) is -1.22. The summed E-state index contributed by atoms with van der Waals surface area (Å²) in [6.07, 6.45) is 2.42. The van der Waals surface area contributed by atoms with Gasteiger partial charge in [-0.1, -0.05) is 29.5 Å². The second kappa shape index (κ2) is 6.13.